The summed E-state index contributed by atoms with van der Waals surface area (Å²) >= 11 is 1.51. The maximum Gasteiger partial charge on any atom is 0.227 e. The predicted octanol–water partition coefficient (Wildman–Crippen LogP) is 0.683. The molecule has 1 aromatic rings. The van der Waals surface area contributed by atoms with Gasteiger partial charge in [0, 0.05) is 31.2 Å². The number of aromatic nitrogens is 1. The van der Waals surface area contributed by atoms with Crippen molar-refractivity contribution in [1.29, 1.82) is 0 Å². The Morgan fingerprint density at radius 2 is 2.53 bits per heavy atom. The number of nitrogens with zero attached hydrogens (tertiary/aromatic N) is 2. The summed E-state index contributed by atoms with van der Waals surface area (Å²) in [6.07, 6.45) is 2.72. The zero-order chi connectivity index (χ0) is 12.5. The number of carbonyl (C=O) groups excluding carboxylic acids is 1. The first-order chi connectivity index (χ1) is 8.03. The van der Waals surface area contributed by atoms with Crippen molar-refractivity contribution in [3.63, 3.8) is 0 Å². The van der Waals surface area contributed by atoms with Gasteiger partial charge in [-0.2, -0.15) is 0 Å². The summed E-state index contributed by atoms with van der Waals surface area (Å²) in [6.45, 7) is 4.60. The van der Waals surface area contributed by atoms with Gasteiger partial charge in [-0.15, -0.1) is 11.3 Å². The van der Waals surface area contributed by atoms with E-state index in [4.69, 9.17) is 5.73 Å². The van der Waals surface area contributed by atoms with Crippen molar-refractivity contribution in [3.8, 4) is 0 Å². The Hall–Kier alpha value is -1.14. The molecular formula is C11H18N4OS. The molecule has 2 heterocycles. The van der Waals surface area contributed by atoms with Crippen molar-refractivity contribution in [1.82, 2.24) is 15.2 Å². The SMILES string of the molecule is CNC(=O)C1(C)CCN(Cc2cnc(N)s2)C1. The number of anilines is 1. The molecule has 5 nitrogen and oxygen atoms in total. The van der Waals surface area contributed by atoms with Gasteiger partial charge in [0.2, 0.25) is 5.91 Å². The summed E-state index contributed by atoms with van der Waals surface area (Å²) in [5.41, 5.74) is 5.34. The van der Waals surface area contributed by atoms with Crippen LogP contribution in [0.15, 0.2) is 6.20 Å². The molecule has 2 rings (SSSR count). The quantitative estimate of drug-likeness (QED) is 0.832. The standard InChI is InChI=1S/C11H18N4OS/c1-11(9(16)13-2)3-4-15(7-11)6-8-5-14-10(12)17-8/h5H,3-4,6-7H2,1-2H3,(H2,12,14)(H,13,16). The predicted molar refractivity (Wildman–Crippen MR) is 68.6 cm³/mol. The fraction of sp³-hybridized carbons (Fsp3) is 0.636. The van der Waals surface area contributed by atoms with Gasteiger partial charge in [0.05, 0.1) is 5.41 Å². The Labute approximate surface area is 105 Å². The third kappa shape index (κ3) is 2.58. The molecular weight excluding hydrogens is 236 g/mol. The van der Waals surface area contributed by atoms with E-state index in [1.807, 2.05) is 13.1 Å². The topological polar surface area (TPSA) is 71.2 Å². The summed E-state index contributed by atoms with van der Waals surface area (Å²) in [4.78, 5) is 19.2. The van der Waals surface area contributed by atoms with Crippen LogP contribution in [0.4, 0.5) is 5.13 Å². The smallest absolute Gasteiger partial charge is 0.227 e. The number of hydrogen-bond acceptors (Lipinski definition) is 5. The van der Waals surface area contributed by atoms with E-state index in [9.17, 15) is 4.79 Å². The maximum atomic E-state index is 11.8. The van der Waals surface area contributed by atoms with Gasteiger partial charge >= 0.3 is 0 Å². The Morgan fingerprint density at radius 3 is 3.12 bits per heavy atom. The first-order valence-corrected chi connectivity index (χ1v) is 6.50. The highest BCUT2D eigenvalue weighted by Gasteiger charge is 2.39. The van der Waals surface area contributed by atoms with Crippen LogP contribution in [0.2, 0.25) is 0 Å². The molecule has 1 aromatic heterocycles. The number of rotatable bonds is 3. The largest absolute Gasteiger partial charge is 0.375 e. The summed E-state index contributed by atoms with van der Waals surface area (Å²) < 4.78 is 0. The number of nitrogen functional groups attached to an aromatic ring is 1. The second kappa shape index (κ2) is 4.62. The first kappa shape index (κ1) is 12.3. The van der Waals surface area contributed by atoms with Crippen LogP contribution < -0.4 is 11.1 Å². The molecule has 1 aliphatic rings. The van der Waals surface area contributed by atoms with E-state index in [0.717, 1.165) is 30.9 Å². The van der Waals surface area contributed by atoms with E-state index >= 15 is 0 Å². The molecule has 1 saturated heterocycles. The third-order valence-electron chi connectivity index (χ3n) is 3.28. The van der Waals surface area contributed by atoms with E-state index in [-0.39, 0.29) is 11.3 Å². The first-order valence-electron chi connectivity index (χ1n) is 5.68. The second-order valence-electron chi connectivity index (χ2n) is 4.77. The molecule has 0 aromatic carbocycles. The number of hydrogen-bond donors (Lipinski definition) is 2. The van der Waals surface area contributed by atoms with Crippen LogP contribution in [0.25, 0.3) is 0 Å². The minimum atomic E-state index is -0.259. The third-order valence-corrected chi connectivity index (χ3v) is 4.09. The lowest BCUT2D eigenvalue weighted by molar-refractivity contribution is -0.129. The molecule has 1 unspecified atom stereocenters. The van der Waals surface area contributed by atoms with E-state index < -0.39 is 0 Å². The average Bonchev–Trinajstić information content (AvgIpc) is 2.86. The fourth-order valence-corrected chi connectivity index (χ4v) is 3.02. The summed E-state index contributed by atoms with van der Waals surface area (Å²) in [7, 11) is 1.69. The Bertz CT molecular complexity index is 419. The molecule has 1 aliphatic heterocycles. The van der Waals surface area contributed by atoms with Gasteiger partial charge in [0.25, 0.3) is 0 Å². The fourth-order valence-electron chi connectivity index (χ4n) is 2.29. The van der Waals surface area contributed by atoms with Gasteiger partial charge in [-0.25, -0.2) is 4.98 Å². The highest BCUT2D eigenvalue weighted by molar-refractivity contribution is 7.15. The van der Waals surface area contributed by atoms with Crippen molar-refractivity contribution in [3.05, 3.63) is 11.1 Å². The minimum Gasteiger partial charge on any atom is -0.375 e. The van der Waals surface area contributed by atoms with Crippen LogP contribution in [0.1, 0.15) is 18.2 Å². The van der Waals surface area contributed by atoms with Crippen LogP contribution >= 0.6 is 11.3 Å². The molecule has 1 atom stereocenters. The average molecular weight is 254 g/mol. The van der Waals surface area contributed by atoms with Gasteiger partial charge in [-0.05, 0) is 19.9 Å². The van der Waals surface area contributed by atoms with Crippen LogP contribution in [-0.2, 0) is 11.3 Å². The van der Waals surface area contributed by atoms with Crippen molar-refractivity contribution < 1.29 is 4.79 Å². The second-order valence-corrected chi connectivity index (χ2v) is 5.91. The molecule has 3 N–H and O–H groups in total. The number of likely N-dealkylation sites (tertiary alicyclic amines) is 1. The lowest BCUT2D eigenvalue weighted by Gasteiger charge is -2.22. The van der Waals surface area contributed by atoms with E-state index in [1.165, 1.54) is 11.3 Å². The number of amides is 1. The molecule has 0 aliphatic carbocycles. The molecule has 6 heteroatoms. The van der Waals surface area contributed by atoms with Gasteiger partial charge in [-0.3, -0.25) is 9.69 Å². The van der Waals surface area contributed by atoms with Crippen molar-refractivity contribution in [2.45, 2.75) is 19.9 Å². The van der Waals surface area contributed by atoms with Crippen molar-refractivity contribution >= 4 is 22.4 Å². The summed E-state index contributed by atoms with van der Waals surface area (Å²) in [6, 6.07) is 0. The molecule has 0 bridgehead atoms. The highest BCUT2D eigenvalue weighted by atomic mass is 32.1. The van der Waals surface area contributed by atoms with Crippen LogP contribution in [0.3, 0.4) is 0 Å². The highest BCUT2D eigenvalue weighted by Crippen LogP contribution is 2.31. The molecule has 0 radical (unpaired) electrons. The monoisotopic (exact) mass is 254 g/mol. The van der Waals surface area contributed by atoms with Gasteiger partial charge < -0.3 is 11.1 Å². The lowest BCUT2D eigenvalue weighted by Crippen LogP contribution is -2.39. The van der Waals surface area contributed by atoms with Crippen LogP contribution in [0, 0.1) is 5.41 Å². The van der Waals surface area contributed by atoms with E-state index in [0.29, 0.717) is 5.13 Å². The zero-order valence-corrected chi connectivity index (χ0v) is 11.0. The molecule has 17 heavy (non-hydrogen) atoms. The number of nitrogens with one attached hydrogen (secondary N) is 1. The summed E-state index contributed by atoms with van der Waals surface area (Å²) in [5, 5.41) is 3.35. The number of thiazole rings is 1. The lowest BCUT2D eigenvalue weighted by atomic mass is 9.89. The molecule has 1 amide bonds. The Morgan fingerprint density at radius 1 is 1.76 bits per heavy atom. The van der Waals surface area contributed by atoms with Gasteiger partial charge in [0.1, 0.15) is 0 Å². The van der Waals surface area contributed by atoms with Gasteiger partial charge in [-0.1, -0.05) is 0 Å². The van der Waals surface area contributed by atoms with Gasteiger partial charge in [0.15, 0.2) is 5.13 Å². The van der Waals surface area contributed by atoms with Crippen molar-refractivity contribution in [2.75, 3.05) is 25.9 Å². The molecule has 0 saturated carbocycles. The zero-order valence-electron chi connectivity index (χ0n) is 10.2. The minimum absolute atomic E-state index is 0.129. The van der Waals surface area contributed by atoms with Crippen LogP contribution in [-0.4, -0.2) is 35.9 Å². The Balaban J connectivity index is 1.96. The number of carbonyl (C=O) groups is 1. The Kier molecular flexibility index (Phi) is 3.35. The van der Waals surface area contributed by atoms with E-state index in [2.05, 4.69) is 15.2 Å². The molecule has 94 valence electrons. The van der Waals surface area contributed by atoms with Crippen LogP contribution in [0.5, 0.6) is 0 Å². The maximum absolute atomic E-state index is 11.8. The van der Waals surface area contributed by atoms with E-state index in [1.54, 1.807) is 7.05 Å². The van der Waals surface area contributed by atoms with Crippen molar-refractivity contribution in [2.24, 2.45) is 5.41 Å². The molecule has 1 fully saturated rings. The molecule has 0 spiro atoms. The normalized spacial score (nSPS) is 25.1. The number of nitrogens with two attached hydrogens (primary N) is 1. The summed E-state index contributed by atoms with van der Waals surface area (Å²) in [5.74, 6) is 0.129.